The Balaban J connectivity index is 1.40. The zero-order valence-electron chi connectivity index (χ0n) is 15.1. The molecule has 0 saturated heterocycles. The van der Waals surface area contributed by atoms with E-state index in [-0.39, 0.29) is 6.61 Å². The Hall–Kier alpha value is -3.32. The van der Waals surface area contributed by atoms with Gasteiger partial charge in [-0.25, -0.2) is 4.79 Å². The van der Waals surface area contributed by atoms with Crippen LogP contribution in [0.15, 0.2) is 54.6 Å². The zero-order valence-corrected chi connectivity index (χ0v) is 15.9. The lowest BCUT2D eigenvalue weighted by Gasteiger charge is -2.16. The van der Waals surface area contributed by atoms with E-state index in [0.29, 0.717) is 22.9 Å². The normalized spacial score (nSPS) is 11.6. The third-order valence-electron chi connectivity index (χ3n) is 4.21. The van der Waals surface area contributed by atoms with Crippen LogP contribution < -0.4 is 14.8 Å². The summed E-state index contributed by atoms with van der Waals surface area (Å²) in [5, 5.41) is 2.67. The van der Waals surface area contributed by atoms with Gasteiger partial charge in [-0.2, -0.15) is 0 Å². The molecule has 2 heterocycles. The largest absolute Gasteiger partial charge is 0.497 e. The summed E-state index contributed by atoms with van der Waals surface area (Å²) in [5.41, 5.74) is 2.47. The first-order chi connectivity index (χ1) is 13.6. The molecule has 3 aromatic rings. The average molecular weight is 395 g/mol. The maximum absolute atomic E-state index is 12.4. The third-order valence-corrected chi connectivity index (χ3v) is 5.40. The Kier molecular flexibility index (Phi) is 4.99. The summed E-state index contributed by atoms with van der Waals surface area (Å²) < 4.78 is 16.0. The van der Waals surface area contributed by atoms with Crippen LogP contribution >= 0.6 is 11.3 Å². The summed E-state index contributed by atoms with van der Waals surface area (Å²) >= 11 is 1.34. The van der Waals surface area contributed by atoms with Crippen LogP contribution in [0.25, 0.3) is 10.4 Å². The maximum Gasteiger partial charge on any atom is 0.348 e. The summed E-state index contributed by atoms with van der Waals surface area (Å²) in [6, 6.07) is 16.4. The highest BCUT2D eigenvalue weighted by Crippen LogP contribution is 2.42. The van der Waals surface area contributed by atoms with Crippen molar-refractivity contribution in [2.24, 2.45) is 0 Å². The quantitative estimate of drug-likeness (QED) is 0.658. The van der Waals surface area contributed by atoms with Gasteiger partial charge in [0.1, 0.15) is 23.0 Å². The van der Waals surface area contributed by atoms with Gasteiger partial charge in [-0.15, -0.1) is 11.3 Å². The molecule has 1 N–H and O–H groups in total. The molecule has 1 aliphatic rings. The van der Waals surface area contributed by atoms with Crippen molar-refractivity contribution in [2.75, 3.05) is 19.0 Å². The molecule has 0 aliphatic carbocycles. The van der Waals surface area contributed by atoms with Crippen LogP contribution in [0.4, 0.5) is 5.69 Å². The van der Waals surface area contributed by atoms with E-state index in [1.165, 1.54) is 11.3 Å². The molecule has 7 heteroatoms. The summed E-state index contributed by atoms with van der Waals surface area (Å²) in [6.07, 6.45) is 0. The topological polar surface area (TPSA) is 73.9 Å². The number of carbonyl (C=O) groups is 2. The van der Waals surface area contributed by atoms with Gasteiger partial charge < -0.3 is 19.5 Å². The standard InChI is InChI=1S/C21H17NO5S/c1-25-15-6-4-5-14(10-15)22-19(23)12-27-21(24)18-9-13-11-26-17-8-3-2-7-16(17)20(13)28-18/h2-10H,11-12H2,1H3,(H,22,23). The van der Waals surface area contributed by atoms with E-state index in [9.17, 15) is 9.59 Å². The Bertz CT molecular complexity index is 1040. The van der Waals surface area contributed by atoms with Crippen LogP contribution in [-0.4, -0.2) is 25.6 Å². The van der Waals surface area contributed by atoms with E-state index in [4.69, 9.17) is 14.2 Å². The minimum Gasteiger partial charge on any atom is -0.497 e. The summed E-state index contributed by atoms with van der Waals surface area (Å²) in [5.74, 6) is 0.477. The van der Waals surface area contributed by atoms with Gasteiger partial charge in [0.25, 0.3) is 5.91 Å². The van der Waals surface area contributed by atoms with Crippen molar-refractivity contribution in [3.8, 4) is 21.9 Å². The van der Waals surface area contributed by atoms with Gasteiger partial charge in [0.05, 0.1) is 7.11 Å². The third kappa shape index (κ3) is 3.70. The van der Waals surface area contributed by atoms with Gasteiger partial charge in [0.15, 0.2) is 6.61 Å². The number of fused-ring (bicyclic) bond motifs is 3. The minimum atomic E-state index is -0.530. The number of anilines is 1. The van der Waals surface area contributed by atoms with Crippen LogP contribution in [0.5, 0.6) is 11.5 Å². The lowest BCUT2D eigenvalue weighted by molar-refractivity contribution is -0.119. The Morgan fingerprint density at radius 3 is 2.86 bits per heavy atom. The fraction of sp³-hybridized carbons (Fsp3) is 0.143. The molecule has 0 unspecified atom stereocenters. The van der Waals surface area contributed by atoms with Crippen molar-refractivity contribution in [3.05, 3.63) is 65.0 Å². The van der Waals surface area contributed by atoms with E-state index in [0.717, 1.165) is 21.8 Å². The molecule has 1 aliphatic heterocycles. The molecule has 1 amide bonds. The fourth-order valence-electron chi connectivity index (χ4n) is 2.90. The van der Waals surface area contributed by atoms with Crippen LogP contribution in [0.3, 0.4) is 0 Å². The van der Waals surface area contributed by atoms with Crippen LogP contribution in [0.1, 0.15) is 15.2 Å². The molecule has 1 aromatic heterocycles. The smallest absolute Gasteiger partial charge is 0.348 e. The molecule has 6 nitrogen and oxygen atoms in total. The van der Waals surface area contributed by atoms with Gasteiger partial charge in [0.2, 0.25) is 0 Å². The van der Waals surface area contributed by atoms with Crippen molar-refractivity contribution in [3.63, 3.8) is 0 Å². The number of esters is 1. The van der Waals surface area contributed by atoms with Gasteiger partial charge in [-0.3, -0.25) is 4.79 Å². The number of carbonyl (C=O) groups excluding carboxylic acids is 2. The number of para-hydroxylation sites is 1. The number of thiophene rings is 1. The van der Waals surface area contributed by atoms with E-state index >= 15 is 0 Å². The van der Waals surface area contributed by atoms with E-state index < -0.39 is 11.9 Å². The summed E-state index contributed by atoms with van der Waals surface area (Å²) in [7, 11) is 1.55. The predicted octanol–water partition coefficient (Wildman–Crippen LogP) is 4.11. The molecule has 4 rings (SSSR count). The monoisotopic (exact) mass is 395 g/mol. The van der Waals surface area contributed by atoms with Gasteiger partial charge in [-0.05, 0) is 30.3 Å². The summed E-state index contributed by atoms with van der Waals surface area (Å²) in [6.45, 7) is 0.0398. The van der Waals surface area contributed by atoms with Crippen molar-refractivity contribution in [2.45, 2.75) is 6.61 Å². The van der Waals surface area contributed by atoms with Crippen molar-refractivity contribution < 1.29 is 23.8 Å². The minimum absolute atomic E-state index is 0.369. The lowest BCUT2D eigenvalue weighted by Crippen LogP contribution is -2.20. The second kappa shape index (κ2) is 7.74. The summed E-state index contributed by atoms with van der Waals surface area (Å²) in [4.78, 5) is 25.9. The molecular weight excluding hydrogens is 378 g/mol. The van der Waals surface area contributed by atoms with Crippen molar-refractivity contribution >= 4 is 28.9 Å². The second-order valence-corrected chi connectivity index (χ2v) is 7.16. The molecule has 28 heavy (non-hydrogen) atoms. The molecule has 0 saturated carbocycles. The van der Waals surface area contributed by atoms with Gasteiger partial charge in [-0.1, -0.05) is 18.2 Å². The number of benzene rings is 2. The molecule has 142 valence electrons. The zero-order chi connectivity index (χ0) is 19.5. The molecule has 0 bridgehead atoms. The SMILES string of the molecule is COc1cccc(NC(=O)COC(=O)c2cc3c(s2)-c2ccccc2OC3)c1. The number of nitrogens with one attached hydrogen (secondary N) is 1. The Labute approximate surface area is 165 Å². The highest BCUT2D eigenvalue weighted by Gasteiger charge is 2.23. The number of rotatable bonds is 5. The average Bonchev–Trinajstić information content (AvgIpc) is 3.17. The van der Waals surface area contributed by atoms with Crippen LogP contribution in [-0.2, 0) is 16.1 Å². The van der Waals surface area contributed by atoms with Gasteiger partial charge >= 0.3 is 5.97 Å². The lowest BCUT2D eigenvalue weighted by atomic mass is 10.1. The number of hydrogen-bond donors (Lipinski definition) is 1. The second-order valence-electron chi connectivity index (χ2n) is 6.11. The van der Waals surface area contributed by atoms with Crippen LogP contribution in [0.2, 0.25) is 0 Å². The first-order valence-corrected chi connectivity index (χ1v) is 9.41. The molecule has 0 fully saturated rings. The molecular formula is C21H17NO5S. The molecule has 0 radical (unpaired) electrons. The Morgan fingerprint density at radius 2 is 2.00 bits per heavy atom. The highest BCUT2D eigenvalue weighted by molar-refractivity contribution is 7.17. The molecule has 0 atom stereocenters. The van der Waals surface area contributed by atoms with Gasteiger partial charge in [0, 0.05) is 27.8 Å². The molecule has 2 aromatic carbocycles. The maximum atomic E-state index is 12.4. The van der Waals surface area contributed by atoms with E-state index in [1.807, 2.05) is 24.3 Å². The first kappa shape index (κ1) is 18.1. The molecule has 0 spiro atoms. The number of amides is 1. The van der Waals surface area contributed by atoms with Crippen molar-refractivity contribution in [1.82, 2.24) is 0 Å². The van der Waals surface area contributed by atoms with Crippen LogP contribution in [0, 0.1) is 0 Å². The first-order valence-electron chi connectivity index (χ1n) is 8.60. The predicted molar refractivity (Wildman–Crippen MR) is 106 cm³/mol. The fourth-order valence-corrected chi connectivity index (χ4v) is 3.99. The highest BCUT2D eigenvalue weighted by atomic mass is 32.1. The Morgan fingerprint density at radius 1 is 1.14 bits per heavy atom. The van der Waals surface area contributed by atoms with E-state index in [2.05, 4.69) is 5.32 Å². The van der Waals surface area contributed by atoms with Crippen molar-refractivity contribution in [1.29, 1.82) is 0 Å². The number of methoxy groups -OCH3 is 1. The number of ether oxygens (including phenoxy) is 3. The van der Waals surface area contributed by atoms with E-state index in [1.54, 1.807) is 37.4 Å². The number of hydrogen-bond acceptors (Lipinski definition) is 6.